The Hall–Kier alpha value is -0.308. The van der Waals surface area contributed by atoms with Crippen LogP contribution in [0.15, 0.2) is 0 Å². The van der Waals surface area contributed by atoms with Gasteiger partial charge in [0, 0.05) is 0 Å². The van der Waals surface area contributed by atoms with Gasteiger partial charge in [-0.1, -0.05) is 0 Å². The molecule has 6 heteroatoms. The normalized spacial score (nSPS) is 10.4. The van der Waals surface area contributed by atoms with Crippen molar-refractivity contribution in [3.8, 4) is 0 Å². The summed E-state index contributed by atoms with van der Waals surface area (Å²) < 4.78 is 27.6. The molecular formula is C6H14NO4Re. The maximum absolute atomic E-state index is 10.2. The molecular weight excluding hydrogens is 336 g/mol. The van der Waals surface area contributed by atoms with Crippen LogP contribution in [0.3, 0.4) is 0 Å². The fourth-order valence-corrected chi connectivity index (χ4v) is 0.445. The molecule has 74 valence electrons. The number of carbonyl (C=O) groups is 1. The van der Waals surface area contributed by atoms with Gasteiger partial charge in [0.05, 0.1) is 6.54 Å². The molecule has 0 N–H and O–H groups in total. The van der Waals surface area contributed by atoms with Gasteiger partial charge < -0.3 is 4.90 Å². The molecule has 0 saturated carbocycles. The number of rotatable bonds is 2. The zero-order valence-corrected chi connectivity index (χ0v) is 10.4. The molecule has 0 aromatic rings. The number of nitrogens with zero attached hydrogens (tertiary/aromatic N) is 1. The molecule has 0 fully saturated rings. The number of Topliss-reactive ketones (excluding diaryl/α,β-unsaturated/α-hetero) is 1. The van der Waals surface area contributed by atoms with Crippen LogP contribution < -0.4 is 0 Å². The number of hydrogen-bond acceptors (Lipinski definition) is 5. The molecule has 0 aromatic carbocycles. The average Bonchev–Trinajstić information content (AvgIpc) is 1.52. The first-order valence-electron chi connectivity index (χ1n) is 3.11. The van der Waals surface area contributed by atoms with E-state index in [0.717, 1.165) is 5.40 Å². The molecule has 5 nitrogen and oxygen atoms in total. The molecule has 0 aliphatic carbocycles. The summed E-state index contributed by atoms with van der Waals surface area (Å²) in [4.78, 5) is 12.1. The molecule has 0 amide bonds. The van der Waals surface area contributed by atoms with Crippen molar-refractivity contribution < 1.29 is 30.6 Å². The molecule has 0 atom stereocenters. The minimum absolute atomic E-state index is 0.213. The van der Waals surface area contributed by atoms with Crippen LogP contribution in [0.2, 0.25) is 5.40 Å². The van der Waals surface area contributed by atoms with E-state index < -0.39 is 15.4 Å². The van der Waals surface area contributed by atoms with Gasteiger partial charge in [-0.25, -0.2) is 0 Å². The van der Waals surface area contributed by atoms with Crippen LogP contribution in [0.25, 0.3) is 0 Å². The predicted octanol–water partition coefficient (Wildman–Crippen LogP) is 0.362. The predicted molar refractivity (Wildman–Crippen MR) is 37.2 cm³/mol. The topological polar surface area (TPSA) is 71.5 Å². The van der Waals surface area contributed by atoms with E-state index in [-0.39, 0.29) is 5.78 Å². The molecule has 0 radical (unpaired) electrons. The van der Waals surface area contributed by atoms with Gasteiger partial charge in [0.2, 0.25) is 0 Å². The van der Waals surface area contributed by atoms with Crippen LogP contribution >= 0.6 is 0 Å². The Labute approximate surface area is 74.7 Å². The van der Waals surface area contributed by atoms with Crippen LogP contribution in [0.1, 0.15) is 6.92 Å². The standard InChI is InChI=1S/C5H11NO.CH3.3O.Re/c1-5(7)4-6(2)3;;;;;/h4H2,1-3H3;1H3;;;;. The molecule has 0 heterocycles. The van der Waals surface area contributed by atoms with E-state index in [1.165, 1.54) is 0 Å². The summed E-state index contributed by atoms with van der Waals surface area (Å²) in [6.45, 7) is 2.14. The number of hydrogen-bond donors (Lipinski definition) is 0. The number of carbonyl (C=O) groups excluding carboxylic acids is 1. The summed E-state index contributed by atoms with van der Waals surface area (Å²) in [7, 11) is 3.75. The molecule has 0 unspecified atom stereocenters. The molecule has 0 bridgehead atoms. The summed E-state index contributed by atoms with van der Waals surface area (Å²) in [5.74, 6) is 0.213. The monoisotopic (exact) mass is 351 g/mol. The molecule has 0 aliphatic rings. The zero-order valence-electron chi connectivity index (χ0n) is 7.67. The van der Waals surface area contributed by atoms with E-state index in [1.54, 1.807) is 6.92 Å². The van der Waals surface area contributed by atoms with E-state index in [9.17, 15) is 15.2 Å². The molecule has 0 saturated heterocycles. The van der Waals surface area contributed by atoms with Crippen molar-refractivity contribution in [1.82, 2.24) is 4.90 Å². The van der Waals surface area contributed by atoms with Gasteiger partial charge in [0.1, 0.15) is 5.78 Å². The van der Waals surface area contributed by atoms with E-state index in [0.29, 0.717) is 6.54 Å². The molecule has 0 spiro atoms. The van der Waals surface area contributed by atoms with Gasteiger partial charge in [-0.2, -0.15) is 0 Å². The Morgan fingerprint density at radius 2 is 1.50 bits per heavy atom. The van der Waals surface area contributed by atoms with Crippen molar-refractivity contribution in [2.45, 2.75) is 12.3 Å². The summed E-state index contributed by atoms with van der Waals surface area (Å²) in [5, 5.41) is 0.722. The van der Waals surface area contributed by atoms with Crippen molar-refractivity contribution in [2.24, 2.45) is 0 Å². The van der Waals surface area contributed by atoms with Crippen LogP contribution in [0.4, 0.5) is 0 Å². The van der Waals surface area contributed by atoms with Gasteiger partial charge in [-0.05, 0) is 21.0 Å². The first-order chi connectivity index (χ1) is 5.13. The second kappa shape index (κ2) is 6.24. The first-order valence-corrected chi connectivity index (χ1v) is 9.15. The number of ketones is 1. The molecule has 0 rings (SSSR count). The second-order valence-electron chi connectivity index (χ2n) is 2.59. The van der Waals surface area contributed by atoms with Gasteiger partial charge in [0.15, 0.2) is 0 Å². The van der Waals surface area contributed by atoms with Crippen molar-refractivity contribution in [3.05, 3.63) is 0 Å². The van der Waals surface area contributed by atoms with Crippen molar-refractivity contribution >= 4 is 5.78 Å². The zero-order chi connectivity index (χ0) is 10.4. The van der Waals surface area contributed by atoms with Crippen LogP contribution in [-0.2, 0) is 30.6 Å². The summed E-state index contributed by atoms with van der Waals surface area (Å²) in [6.07, 6.45) is 0. The van der Waals surface area contributed by atoms with E-state index >= 15 is 0 Å². The fourth-order valence-electron chi connectivity index (χ4n) is 0.445. The van der Waals surface area contributed by atoms with Gasteiger partial charge >= 0.3 is 31.2 Å². The molecule has 0 aliphatic heterocycles. The van der Waals surface area contributed by atoms with Gasteiger partial charge in [-0.3, -0.25) is 4.79 Å². The van der Waals surface area contributed by atoms with Crippen LogP contribution in [0, 0.1) is 0 Å². The summed E-state index contributed by atoms with van der Waals surface area (Å²) in [6, 6.07) is 0. The average molecular weight is 350 g/mol. The van der Waals surface area contributed by atoms with E-state index in [1.807, 2.05) is 19.0 Å². The minimum atomic E-state index is -4.86. The van der Waals surface area contributed by atoms with Crippen molar-refractivity contribution in [1.29, 1.82) is 0 Å². The molecule has 0 aromatic heterocycles. The van der Waals surface area contributed by atoms with E-state index in [4.69, 9.17) is 0 Å². The van der Waals surface area contributed by atoms with Gasteiger partial charge in [0.25, 0.3) is 0 Å². The Bertz CT molecular complexity index is 257. The van der Waals surface area contributed by atoms with Crippen LogP contribution in [0.5, 0.6) is 0 Å². The summed E-state index contributed by atoms with van der Waals surface area (Å²) >= 11 is -4.86. The maximum atomic E-state index is 10.2. The fraction of sp³-hybridized carbons (Fsp3) is 0.833. The van der Waals surface area contributed by atoms with Gasteiger partial charge in [-0.15, -0.1) is 0 Å². The van der Waals surface area contributed by atoms with Crippen molar-refractivity contribution in [3.63, 3.8) is 0 Å². The van der Waals surface area contributed by atoms with E-state index in [2.05, 4.69) is 0 Å². The third kappa shape index (κ3) is 53.7. The Balaban J connectivity index is 0. The molecule has 12 heavy (non-hydrogen) atoms. The SMILES string of the molecule is CC(=O)CN(C)C.[CH3][Re](=[O])(=[O])=[O]. The Morgan fingerprint density at radius 1 is 1.25 bits per heavy atom. The third-order valence-electron chi connectivity index (χ3n) is 0.539. The summed E-state index contributed by atoms with van der Waals surface area (Å²) in [5.41, 5.74) is 0. The van der Waals surface area contributed by atoms with Crippen molar-refractivity contribution in [2.75, 3.05) is 20.6 Å². The number of likely N-dealkylation sites (N-methyl/N-ethyl adjacent to an activating group) is 1. The van der Waals surface area contributed by atoms with Crippen LogP contribution in [-0.4, -0.2) is 31.3 Å². The third-order valence-corrected chi connectivity index (χ3v) is 0.539. The Morgan fingerprint density at radius 3 is 1.50 bits per heavy atom. The first kappa shape index (κ1) is 14.2. The Kier molecular flexibility index (Phi) is 7.39. The second-order valence-corrected chi connectivity index (χ2v) is 7.28. The quantitative estimate of drug-likeness (QED) is 0.719.